The lowest BCUT2D eigenvalue weighted by atomic mass is 10.2. The van der Waals surface area contributed by atoms with Gasteiger partial charge in [0, 0.05) is 12.7 Å². The van der Waals surface area contributed by atoms with Gasteiger partial charge in [-0.05, 0) is 24.3 Å². The van der Waals surface area contributed by atoms with E-state index < -0.39 is 29.0 Å². The number of carboxylic acid groups (broad SMARTS) is 1. The van der Waals surface area contributed by atoms with Crippen molar-refractivity contribution >= 4 is 34.7 Å². The SMILES string of the molecule is CC.CC(=O)NC(CSC(=O)c1ccccc1OC(=O)c1ccccc1O)C(=O)O. The topological polar surface area (TPSA) is 130 Å². The summed E-state index contributed by atoms with van der Waals surface area (Å²) in [5.41, 5.74) is -0.00256. The number of benzene rings is 2. The van der Waals surface area contributed by atoms with Crippen molar-refractivity contribution in [1.82, 2.24) is 5.32 Å². The van der Waals surface area contributed by atoms with Gasteiger partial charge in [-0.1, -0.05) is 49.9 Å². The number of nitrogens with one attached hydrogen (secondary N) is 1. The Bertz CT molecular complexity index is 914. The molecule has 0 fully saturated rings. The van der Waals surface area contributed by atoms with Gasteiger partial charge in [0.05, 0.1) is 5.56 Å². The van der Waals surface area contributed by atoms with Gasteiger partial charge in [-0.25, -0.2) is 9.59 Å². The van der Waals surface area contributed by atoms with E-state index in [1.54, 1.807) is 24.3 Å². The van der Waals surface area contributed by atoms with Gasteiger partial charge in [0.15, 0.2) is 0 Å². The molecule has 0 heterocycles. The van der Waals surface area contributed by atoms with Gasteiger partial charge < -0.3 is 20.3 Å². The number of amides is 1. The van der Waals surface area contributed by atoms with E-state index >= 15 is 0 Å². The molecule has 1 atom stereocenters. The number of thioether (sulfide) groups is 1. The molecule has 2 aromatic carbocycles. The fourth-order valence-corrected chi connectivity index (χ4v) is 3.05. The number of aromatic hydroxyl groups is 1. The van der Waals surface area contributed by atoms with E-state index in [1.807, 2.05) is 13.8 Å². The Morgan fingerprint density at radius 1 is 1.00 bits per heavy atom. The molecule has 8 nitrogen and oxygen atoms in total. The summed E-state index contributed by atoms with van der Waals surface area (Å²) in [6.45, 7) is 5.18. The average Bonchev–Trinajstić information content (AvgIpc) is 2.72. The molecule has 0 spiro atoms. The third-order valence-electron chi connectivity index (χ3n) is 3.49. The maximum atomic E-state index is 12.5. The van der Waals surface area contributed by atoms with Crippen LogP contribution < -0.4 is 10.1 Å². The molecule has 3 N–H and O–H groups in total. The molecule has 30 heavy (non-hydrogen) atoms. The van der Waals surface area contributed by atoms with Gasteiger partial charge in [0.25, 0.3) is 0 Å². The monoisotopic (exact) mass is 433 g/mol. The second kappa shape index (κ2) is 12.3. The third kappa shape index (κ3) is 7.25. The molecule has 0 saturated heterocycles. The summed E-state index contributed by atoms with van der Waals surface area (Å²) >= 11 is 0.673. The molecule has 9 heteroatoms. The van der Waals surface area contributed by atoms with Crippen molar-refractivity contribution in [2.75, 3.05) is 5.75 Å². The first-order chi connectivity index (χ1) is 14.3. The van der Waals surface area contributed by atoms with E-state index in [0.717, 1.165) is 0 Å². The third-order valence-corrected chi connectivity index (χ3v) is 4.47. The number of para-hydroxylation sites is 2. The molecular weight excluding hydrogens is 410 g/mol. The predicted molar refractivity (Wildman–Crippen MR) is 113 cm³/mol. The molecule has 0 radical (unpaired) electrons. The first kappa shape index (κ1) is 24.7. The zero-order chi connectivity index (χ0) is 22.7. The van der Waals surface area contributed by atoms with Gasteiger partial charge in [-0.2, -0.15) is 0 Å². The second-order valence-electron chi connectivity index (χ2n) is 5.59. The summed E-state index contributed by atoms with van der Waals surface area (Å²) < 4.78 is 5.23. The van der Waals surface area contributed by atoms with Gasteiger partial charge in [-0.15, -0.1) is 0 Å². The minimum absolute atomic E-state index is 0.0281. The van der Waals surface area contributed by atoms with Gasteiger partial charge in [0.1, 0.15) is 23.1 Å². The molecule has 1 unspecified atom stereocenters. The Morgan fingerprint density at radius 3 is 2.13 bits per heavy atom. The first-order valence-electron chi connectivity index (χ1n) is 9.06. The van der Waals surface area contributed by atoms with E-state index in [2.05, 4.69) is 5.32 Å². The molecular formula is C21H23NO7S. The lowest BCUT2D eigenvalue weighted by Crippen LogP contribution is -2.41. The van der Waals surface area contributed by atoms with Gasteiger partial charge in [-0.3, -0.25) is 9.59 Å². The number of phenols is 1. The molecule has 0 saturated carbocycles. The maximum absolute atomic E-state index is 12.5. The summed E-state index contributed by atoms with van der Waals surface area (Å²) in [6, 6.07) is 10.5. The highest BCUT2D eigenvalue weighted by atomic mass is 32.2. The molecule has 2 aromatic rings. The number of esters is 1. The van der Waals surface area contributed by atoms with Crippen molar-refractivity contribution in [1.29, 1.82) is 0 Å². The summed E-state index contributed by atoms with van der Waals surface area (Å²) in [6.07, 6.45) is 0. The van der Waals surface area contributed by atoms with Crippen molar-refractivity contribution in [2.24, 2.45) is 0 Å². The minimum atomic E-state index is -1.27. The van der Waals surface area contributed by atoms with Crippen molar-refractivity contribution < 1.29 is 34.1 Å². The number of phenolic OH excluding ortho intramolecular Hbond substituents is 1. The number of carbonyl (C=O) groups excluding carboxylic acids is 3. The van der Waals surface area contributed by atoms with Crippen LogP contribution in [0.15, 0.2) is 48.5 Å². The zero-order valence-electron chi connectivity index (χ0n) is 16.7. The number of hydrogen-bond donors (Lipinski definition) is 3. The molecule has 160 valence electrons. The van der Waals surface area contributed by atoms with Crippen LogP contribution in [0.5, 0.6) is 11.5 Å². The molecule has 0 aromatic heterocycles. The summed E-state index contributed by atoms with van der Waals surface area (Å²) in [4.78, 5) is 47.0. The van der Waals surface area contributed by atoms with Crippen LogP contribution in [0.1, 0.15) is 41.5 Å². The van der Waals surface area contributed by atoms with Crippen LogP contribution in [-0.2, 0) is 9.59 Å². The van der Waals surface area contributed by atoms with Crippen LogP contribution in [0, 0.1) is 0 Å². The molecule has 0 bridgehead atoms. The Kier molecular flexibility index (Phi) is 10.1. The predicted octanol–water partition coefficient (Wildman–Crippen LogP) is 3.10. The molecule has 0 aliphatic carbocycles. The Morgan fingerprint density at radius 2 is 1.57 bits per heavy atom. The maximum Gasteiger partial charge on any atom is 0.347 e. The van der Waals surface area contributed by atoms with E-state index in [-0.39, 0.29) is 28.4 Å². The summed E-state index contributed by atoms with van der Waals surface area (Å²) in [5.74, 6) is -3.13. The number of ether oxygens (including phenoxy) is 1. The van der Waals surface area contributed by atoms with Crippen molar-refractivity contribution in [3.8, 4) is 11.5 Å². The fraction of sp³-hybridized carbons (Fsp3) is 0.238. The number of carboxylic acids is 1. The molecule has 0 aliphatic rings. The zero-order valence-corrected chi connectivity index (χ0v) is 17.6. The van der Waals surface area contributed by atoms with Crippen LogP contribution in [0.3, 0.4) is 0 Å². The van der Waals surface area contributed by atoms with Gasteiger partial charge >= 0.3 is 11.9 Å². The van der Waals surface area contributed by atoms with E-state index in [1.165, 1.54) is 31.2 Å². The number of carbonyl (C=O) groups is 4. The summed E-state index contributed by atoms with van der Waals surface area (Å²) in [7, 11) is 0. The molecule has 1 amide bonds. The fourth-order valence-electron chi connectivity index (χ4n) is 2.18. The largest absolute Gasteiger partial charge is 0.507 e. The van der Waals surface area contributed by atoms with Crippen LogP contribution in [0.25, 0.3) is 0 Å². The highest BCUT2D eigenvalue weighted by Crippen LogP contribution is 2.26. The van der Waals surface area contributed by atoms with Crippen LogP contribution in [0.4, 0.5) is 0 Å². The number of rotatable bonds is 7. The van der Waals surface area contributed by atoms with E-state index in [4.69, 9.17) is 9.84 Å². The smallest absolute Gasteiger partial charge is 0.347 e. The average molecular weight is 433 g/mol. The normalized spacial score (nSPS) is 10.8. The van der Waals surface area contributed by atoms with Crippen molar-refractivity contribution in [3.63, 3.8) is 0 Å². The Hall–Kier alpha value is -3.33. The van der Waals surface area contributed by atoms with E-state index in [9.17, 15) is 24.3 Å². The quantitative estimate of drug-likeness (QED) is 0.449. The lowest BCUT2D eigenvalue weighted by Gasteiger charge is -2.13. The Labute approximate surface area is 178 Å². The molecule has 0 aliphatic heterocycles. The van der Waals surface area contributed by atoms with Gasteiger partial charge in [0.2, 0.25) is 11.0 Å². The summed E-state index contributed by atoms with van der Waals surface area (Å²) in [5, 5.41) is 20.5. The highest BCUT2D eigenvalue weighted by Gasteiger charge is 2.23. The number of hydrogen-bond acceptors (Lipinski definition) is 7. The van der Waals surface area contributed by atoms with Crippen LogP contribution >= 0.6 is 11.8 Å². The molecule has 2 rings (SSSR count). The second-order valence-corrected chi connectivity index (χ2v) is 6.59. The van der Waals surface area contributed by atoms with Crippen LogP contribution in [-0.4, -0.2) is 45.0 Å². The van der Waals surface area contributed by atoms with Crippen molar-refractivity contribution in [2.45, 2.75) is 26.8 Å². The highest BCUT2D eigenvalue weighted by molar-refractivity contribution is 8.14. The lowest BCUT2D eigenvalue weighted by molar-refractivity contribution is -0.140. The first-order valence-corrected chi connectivity index (χ1v) is 10.0. The van der Waals surface area contributed by atoms with Crippen molar-refractivity contribution in [3.05, 3.63) is 59.7 Å². The Balaban J connectivity index is 0.00000218. The minimum Gasteiger partial charge on any atom is -0.507 e. The van der Waals surface area contributed by atoms with E-state index in [0.29, 0.717) is 11.8 Å². The number of aliphatic carboxylic acids is 1. The van der Waals surface area contributed by atoms with Crippen LogP contribution in [0.2, 0.25) is 0 Å². The standard InChI is InChI=1S/C19H17NO7S.C2H6/c1-11(21)20-14(17(23)24)10-28-19(26)13-7-3-5-9-16(13)27-18(25)12-6-2-4-8-15(12)22;1-2/h2-9,14,22H,10H2,1H3,(H,20,21)(H,23,24);1-2H3.